The van der Waals surface area contributed by atoms with Gasteiger partial charge in [0.25, 0.3) is 0 Å². The fourth-order valence-corrected chi connectivity index (χ4v) is 5.05. The van der Waals surface area contributed by atoms with Gasteiger partial charge in [-0.2, -0.15) is 0 Å². The highest BCUT2D eigenvalue weighted by atomic mass is 19.1. The zero-order valence-corrected chi connectivity index (χ0v) is 25.6. The Hall–Kier alpha value is -3.67. The molecule has 5 atom stereocenters. The molecule has 0 aromatic heterocycles. The summed E-state index contributed by atoms with van der Waals surface area (Å²) in [5.41, 5.74) is 1.52. The fraction of sp³-hybridized carbons (Fsp3) is 0.438. The Labute approximate surface area is 252 Å². The molecule has 1 N–H and O–H groups in total. The van der Waals surface area contributed by atoms with Crippen molar-refractivity contribution in [3.8, 4) is 11.5 Å². The van der Waals surface area contributed by atoms with Gasteiger partial charge in [-0.25, -0.2) is 9.18 Å². The lowest BCUT2D eigenvalue weighted by molar-refractivity contribution is -0.158. The number of phenols is 1. The number of anilines is 1. The number of methoxy groups -OCH3 is 1. The van der Waals surface area contributed by atoms with Gasteiger partial charge in [-0.05, 0) is 62.6 Å². The molecule has 2 aromatic carbocycles. The van der Waals surface area contributed by atoms with Crippen molar-refractivity contribution in [2.45, 2.75) is 70.9 Å². The van der Waals surface area contributed by atoms with Gasteiger partial charge in [0.1, 0.15) is 41.2 Å². The molecule has 9 nitrogen and oxygen atoms in total. The summed E-state index contributed by atoms with van der Waals surface area (Å²) in [4.78, 5) is 26.7. The van der Waals surface area contributed by atoms with E-state index in [1.807, 2.05) is 12.1 Å². The Morgan fingerprint density at radius 1 is 1.19 bits per heavy atom. The third-order valence-corrected chi connectivity index (χ3v) is 7.70. The molecule has 1 fully saturated rings. The van der Waals surface area contributed by atoms with Crippen molar-refractivity contribution < 1.29 is 42.8 Å². The number of phenolic OH excluding ortho intramolecular Hbond substituents is 1. The van der Waals surface area contributed by atoms with Gasteiger partial charge < -0.3 is 33.7 Å². The number of carbonyl (C=O) groups is 2. The SMILES string of the molecule is BC(=O)N(C)c1cc(O)c2c(c1)/C=C/C[C@@H]1OC(C)(C)O[C@@H]1[C@H](OCc1ccc(OC)cc1)/C(F)=C\[C@@H](C)[C@H](C)OC2=O. The molecule has 4 rings (SSSR count). The molecule has 2 aromatic rings. The van der Waals surface area contributed by atoms with E-state index in [1.165, 1.54) is 24.9 Å². The van der Waals surface area contributed by atoms with Crippen molar-refractivity contribution in [2.24, 2.45) is 5.92 Å². The number of amides is 1. The number of fused-ring (bicyclic) bond motifs is 2. The molecule has 2 aliphatic heterocycles. The lowest BCUT2D eigenvalue weighted by Gasteiger charge is -2.27. The van der Waals surface area contributed by atoms with E-state index < -0.39 is 47.9 Å². The topological polar surface area (TPSA) is 104 Å². The molecule has 0 bridgehead atoms. The largest absolute Gasteiger partial charge is 0.507 e. The summed E-state index contributed by atoms with van der Waals surface area (Å²) >= 11 is 0. The number of hydrogen-bond acceptors (Lipinski definition) is 8. The van der Waals surface area contributed by atoms with Gasteiger partial charge in [-0.15, -0.1) is 0 Å². The number of halogens is 1. The number of rotatable bonds is 5. The van der Waals surface area contributed by atoms with Crippen molar-refractivity contribution in [1.82, 2.24) is 0 Å². The van der Waals surface area contributed by atoms with Crippen LogP contribution in [0.1, 0.15) is 55.6 Å². The molecule has 0 saturated carbocycles. The zero-order chi connectivity index (χ0) is 31.5. The number of ether oxygens (including phenoxy) is 5. The van der Waals surface area contributed by atoms with Crippen LogP contribution >= 0.6 is 0 Å². The summed E-state index contributed by atoms with van der Waals surface area (Å²) in [6, 6.07) is 10.3. The fourth-order valence-electron chi connectivity index (χ4n) is 5.05. The lowest BCUT2D eigenvalue weighted by Crippen LogP contribution is -2.38. The van der Waals surface area contributed by atoms with E-state index in [4.69, 9.17) is 23.7 Å². The number of cyclic esters (lactones) is 1. The van der Waals surface area contributed by atoms with E-state index in [0.29, 0.717) is 17.0 Å². The minimum Gasteiger partial charge on any atom is -0.507 e. The Morgan fingerprint density at radius 3 is 2.53 bits per heavy atom. The normalized spacial score (nSPS) is 27.5. The maximum absolute atomic E-state index is 16.1. The molecule has 230 valence electrons. The molecule has 0 radical (unpaired) electrons. The van der Waals surface area contributed by atoms with Crippen LogP contribution in [0.15, 0.2) is 54.4 Å². The van der Waals surface area contributed by atoms with Gasteiger partial charge in [-0.3, -0.25) is 4.79 Å². The summed E-state index contributed by atoms with van der Waals surface area (Å²) in [6.45, 7) is 7.00. The minimum absolute atomic E-state index is 0.0568. The van der Waals surface area contributed by atoms with Crippen molar-refractivity contribution in [3.63, 3.8) is 0 Å². The quantitative estimate of drug-likeness (QED) is 0.374. The van der Waals surface area contributed by atoms with E-state index in [9.17, 15) is 14.7 Å². The van der Waals surface area contributed by atoms with Gasteiger partial charge >= 0.3 is 5.97 Å². The lowest BCUT2D eigenvalue weighted by atomic mass is 9.97. The highest BCUT2D eigenvalue weighted by molar-refractivity contribution is 6.60. The van der Waals surface area contributed by atoms with E-state index in [0.717, 1.165) is 5.56 Å². The highest BCUT2D eigenvalue weighted by Gasteiger charge is 2.46. The van der Waals surface area contributed by atoms with Crippen LogP contribution in [-0.2, 0) is 25.6 Å². The van der Waals surface area contributed by atoms with Crippen molar-refractivity contribution >= 4 is 31.4 Å². The van der Waals surface area contributed by atoms with E-state index in [1.54, 1.807) is 72.2 Å². The van der Waals surface area contributed by atoms with Crippen molar-refractivity contribution in [2.75, 3.05) is 19.1 Å². The molecule has 0 unspecified atom stereocenters. The summed E-state index contributed by atoms with van der Waals surface area (Å²) in [6.07, 6.45) is 1.78. The van der Waals surface area contributed by atoms with E-state index >= 15 is 4.39 Å². The van der Waals surface area contributed by atoms with Gasteiger partial charge in [0.15, 0.2) is 11.6 Å². The Bertz CT molecular complexity index is 1390. The van der Waals surface area contributed by atoms with Crippen LogP contribution in [0.5, 0.6) is 11.5 Å². The van der Waals surface area contributed by atoms with Crippen molar-refractivity contribution in [3.05, 3.63) is 71.1 Å². The Morgan fingerprint density at radius 2 is 1.88 bits per heavy atom. The third kappa shape index (κ3) is 7.65. The number of benzene rings is 2. The standard InChI is InChI=1S/C32H39BFNO8/c1-18-14-24(34)28(40-17-20-10-12-23(39-6)13-11-20)29-26(42-32(3,4)43-29)9-7-8-21-15-22(35(5)31(33)38)16-25(36)27(21)30(37)41-19(18)2/h7-8,10-16,18-19,26,28-29,36H,9,17,33H2,1-6H3/b8-7+,24-14+/t18-,19+,26+,28-,29+/m1/s1. The minimum atomic E-state index is -1.11. The average molecular weight is 595 g/mol. The molecule has 11 heteroatoms. The molecule has 2 heterocycles. The Balaban J connectivity index is 1.74. The number of aromatic hydroxyl groups is 1. The van der Waals surface area contributed by atoms with Crippen LogP contribution < -0.4 is 9.64 Å². The van der Waals surface area contributed by atoms with Crippen LogP contribution in [0, 0.1) is 5.92 Å². The van der Waals surface area contributed by atoms with Crippen molar-refractivity contribution in [1.29, 1.82) is 0 Å². The molecule has 0 aliphatic carbocycles. The van der Waals surface area contributed by atoms with Gasteiger partial charge in [-0.1, -0.05) is 31.2 Å². The van der Waals surface area contributed by atoms with E-state index in [-0.39, 0.29) is 30.1 Å². The second kappa shape index (κ2) is 13.3. The van der Waals surface area contributed by atoms with E-state index in [2.05, 4.69) is 0 Å². The summed E-state index contributed by atoms with van der Waals surface area (Å²) in [5, 5.41) is 10.9. The molecule has 1 saturated heterocycles. The predicted octanol–water partition coefficient (Wildman–Crippen LogP) is 5.15. The van der Waals surface area contributed by atoms with Crippen LogP contribution in [0.4, 0.5) is 14.9 Å². The molecule has 2 aliphatic rings. The first-order chi connectivity index (χ1) is 20.3. The molecule has 0 spiro atoms. The first kappa shape index (κ1) is 32.3. The second-order valence-electron chi connectivity index (χ2n) is 11.4. The number of esters is 1. The summed E-state index contributed by atoms with van der Waals surface area (Å²) in [5.74, 6) is -2.79. The smallest absolute Gasteiger partial charge is 0.342 e. The van der Waals surface area contributed by atoms with Crippen LogP contribution in [0.2, 0.25) is 0 Å². The third-order valence-electron chi connectivity index (χ3n) is 7.70. The predicted molar refractivity (Wildman–Crippen MR) is 163 cm³/mol. The molecule has 43 heavy (non-hydrogen) atoms. The monoisotopic (exact) mass is 595 g/mol. The number of hydrogen-bond donors (Lipinski definition) is 1. The van der Waals surface area contributed by atoms with Crippen LogP contribution in [0.3, 0.4) is 0 Å². The van der Waals surface area contributed by atoms with Crippen LogP contribution in [-0.4, -0.2) is 69.1 Å². The van der Waals surface area contributed by atoms with Gasteiger partial charge in [0.2, 0.25) is 7.85 Å². The first-order valence-corrected chi connectivity index (χ1v) is 14.3. The number of nitrogens with zero attached hydrogens (tertiary/aromatic N) is 1. The number of carbonyl (C=O) groups excluding carboxylic acids is 2. The Kier molecular flexibility index (Phi) is 9.99. The van der Waals surface area contributed by atoms with Gasteiger partial charge in [0, 0.05) is 24.7 Å². The first-order valence-electron chi connectivity index (χ1n) is 14.3. The molecular formula is C32H39BFNO8. The van der Waals surface area contributed by atoms with Crippen LogP contribution in [0.25, 0.3) is 6.08 Å². The van der Waals surface area contributed by atoms with Gasteiger partial charge in [0.05, 0.1) is 19.8 Å². The summed E-state index contributed by atoms with van der Waals surface area (Å²) < 4.78 is 45.6. The zero-order valence-electron chi connectivity index (χ0n) is 25.6. The molecular weight excluding hydrogens is 556 g/mol. The molecule has 1 amide bonds. The highest BCUT2D eigenvalue weighted by Crippen LogP contribution is 2.37. The second-order valence-corrected chi connectivity index (χ2v) is 11.4. The average Bonchev–Trinajstić information content (AvgIpc) is 3.25. The summed E-state index contributed by atoms with van der Waals surface area (Å²) in [7, 11) is 4.55. The maximum atomic E-state index is 16.1. The maximum Gasteiger partial charge on any atom is 0.342 e.